The van der Waals surface area contributed by atoms with Crippen LogP contribution >= 0.6 is 0 Å². The molecule has 0 saturated carbocycles. The van der Waals surface area contributed by atoms with Crippen molar-refractivity contribution in [1.29, 1.82) is 0 Å². The monoisotopic (exact) mass is 331 g/mol. The van der Waals surface area contributed by atoms with Crippen LogP contribution in [0.2, 0.25) is 0 Å². The molecule has 2 N–H and O–H groups in total. The molecule has 4 heteroatoms. The van der Waals surface area contributed by atoms with Crippen molar-refractivity contribution in [3.8, 4) is 0 Å². The molecule has 0 radical (unpaired) electrons. The Labute approximate surface area is 147 Å². The van der Waals surface area contributed by atoms with Crippen LogP contribution in [0.3, 0.4) is 0 Å². The molecule has 0 fully saturated rings. The molecule has 1 aromatic heterocycles. The fraction of sp³-hybridized carbons (Fsp3) is 0.143. The number of aryl methyl sites for hydroxylation is 1. The molecule has 0 aliphatic rings. The third-order valence-corrected chi connectivity index (χ3v) is 3.93. The molecule has 0 unspecified atom stereocenters. The Morgan fingerprint density at radius 2 is 1.68 bits per heavy atom. The third kappa shape index (κ3) is 4.75. The normalized spacial score (nSPS) is 11.7. The van der Waals surface area contributed by atoms with Crippen LogP contribution in [0.5, 0.6) is 0 Å². The fourth-order valence-corrected chi connectivity index (χ4v) is 2.57. The van der Waals surface area contributed by atoms with Crippen molar-refractivity contribution in [1.82, 2.24) is 10.3 Å². The Bertz CT molecular complexity index is 802. The first-order valence-corrected chi connectivity index (χ1v) is 8.28. The Morgan fingerprint density at radius 3 is 2.36 bits per heavy atom. The van der Waals surface area contributed by atoms with E-state index < -0.39 is 6.04 Å². The van der Waals surface area contributed by atoms with Crippen LogP contribution in [0.4, 0.5) is 5.69 Å². The number of pyridine rings is 1. The third-order valence-electron chi connectivity index (χ3n) is 3.93. The SMILES string of the molecule is Cc1ccc(NC(=O)[C@@H](NCc2ccccn2)c2ccccc2)cc1. The van der Waals surface area contributed by atoms with Gasteiger partial charge in [0.2, 0.25) is 5.91 Å². The van der Waals surface area contributed by atoms with E-state index in [0.717, 1.165) is 22.5 Å². The van der Waals surface area contributed by atoms with Crippen LogP contribution in [-0.2, 0) is 11.3 Å². The van der Waals surface area contributed by atoms with Crippen molar-refractivity contribution < 1.29 is 4.79 Å². The van der Waals surface area contributed by atoms with Gasteiger partial charge in [0.1, 0.15) is 6.04 Å². The average molecular weight is 331 g/mol. The van der Waals surface area contributed by atoms with Crippen molar-refractivity contribution in [2.75, 3.05) is 5.32 Å². The largest absolute Gasteiger partial charge is 0.324 e. The number of anilines is 1. The maximum atomic E-state index is 12.8. The van der Waals surface area contributed by atoms with Crippen molar-refractivity contribution in [2.24, 2.45) is 0 Å². The van der Waals surface area contributed by atoms with E-state index in [1.807, 2.05) is 79.7 Å². The number of hydrogen-bond acceptors (Lipinski definition) is 3. The summed E-state index contributed by atoms with van der Waals surface area (Å²) in [6, 6.07) is 22.8. The number of hydrogen-bond donors (Lipinski definition) is 2. The predicted octanol–water partition coefficient (Wildman–Crippen LogP) is 3.86. The number of benzene rings is 2. The molecule has 1 atom stereocenters. The van der Waals surface area contributed by atoms with Crippen LogP contribution in [-0.4, -0.2) is 10.9 Å². The lowest BCUT2D eigenvalue weighted by molar-refractivity contribution is -0.118. The lowest BCUT2D eigenvalue weighted by Gasteiger charge is -2.19. The molecule has 0 aliphatic carbocycles. The number of carbonyl (C=O) groups is 1. The van der Waals surface area contributed by atoms with Crippen molar-refractivity contribution in [3.05, 3.63) is 95.8 Å². The highest BCUT2D eigenvalue weighted by atomic mass is 16.2. The summed E-state index contributed by atoms with van der Waals surface area (Å²) in [5.74, 6) is -0.0917. The first-order valence-electron chi connectivity index (χ1n) is 8.28. The Hall–Kier alpha value is -2.98. The van der Waals surface area contributed by atoms with Crippen LogP contribution in [0.15, 0.2) is 79.0 Å². The molecule has 1 heterocycles. The maximum absolute atomic E-state index is 12.8. The van der Waals surface area contributed by atoms with Gasteiger partial charge < -0.3 is 5.32 Å². The summed E-state index contributed by atoms with van der Waals surface area (Å²) in [5, 5.41) is 6.29. The average Bonchev–Trinajstić information content (AvgIpc) is 2.65. The minimum Gasteiger partial charge on any atom is -0.324 e. The molecular weight excluding hydrogens is 310 g/mol. The van der Waals surface area contributed by atoms with Gasteiger partial charge in [-0.15, -0.1) is 0 Å². The minimum absolute atomic E-state index is 0.0917. The van der Waals surface area contributed by atoms with E-state index in [-0.39, 0.29) is 5.91 Å². The van der Waals surface area contributed by atoms with Gasteiger partial charge in [-0.2, -0.15) is 0 Å². The summed E-state index contributed by atoms with van der Waals surface area (Å²) in [6.07, 6.45) is 1.75. The highest BCUT2D eigenvalue weighted by Gasteiger charge is 2.20. The first-order chi connectivity index (χ1) is 12.2. The lowest BCUT2D eigenvalue weighted by Crippen LogP contribution is -2.33. The molecule has 25 heavy (non-hydrogen) atoms. The highest BCUT2D eigenvalue weighted by Crippen LogP contribution is 2.17. The van der Waals surface area contributed by atoms with E-state index in [1.165, 1.54) is 0 Å². The van der Waals surface area contributed by atoms with Gasteiger partial charge in [-0.25, -0.2) is 0 Å². The van der Waals surface area contributed by atoms with Gasteiger partial charge in [0.15, 0.2) is 0 Å². The lowest BCUT2D eigenvalue weighted by atomic mass is 10.1. The zero-order chi connectivity index (χ0) is 17.5. The molecule has 0 saturated heterocycles. The second kappa shape index (κ2) is 8.22. The van der Waals surface area contributed by atoms with Crippen LogP contribution in [0.25, 0.3) is 0 Å². The predicted molar refractivity (Wildman–Crippen MR) is 100 cm³/mol. The zero-order valence-electron chi connectivity index (χ0n) is 14.1. The quantitative estimate of drug-likeness (QED) is 0.721. The fourth-order valence-electron chi connectivity index (χ4n) is 2.57. The summed E-state index contributed by atoms with van der Waals surface area (Å²) in [7, 11) is 0. The van der Waals surface area contributed by atoms with E-state index in [4.69, 9.17) is 0 Å². The Morgan fingerprint density at radius 1 is 0.960 bits per heavy atom. The standard InChI is InChI=1S/C21H21N3O/c1-16-10-12-18(13-11-16)24-21(25)20(17-7-3-2-4-8-17)23-15-19-9-5-6-14-22-19/h2-14,20,23H,15H2,1H3,(H,24,25)/t20-/m0/s1. The molecule has 4 nitrogen and oxygen atoms in total. The van der Waals surface area contributed by atoms with Crippen LogP contribution < -0.4 is 10.6 Å². The number of rotatable bonds is 6. The van der Waals surface area contributed by atoms with E-state index >= 15 is 0 Å². The van der Waals surface area contributed by atoms with Crippen molar-refractivity contribution in [3.63, 3.8) is 0 Å². The van der Waals surface area contributed by atoms with Gasteiger partial charge in [-0.3, -0.25) is 15.1 Å². The topological polar surface area (TPSA) is 54.0 Å². The van der Waals surface area contributed by atoms with E-state index in [2.05, 4.69) is 15.6 Å². The number of aromatic nitrogens is 1. The molecule has 3 rings (SSSR count). The Kier molecular flexibility index (Phi) is 5.54. The van der Waals surface area contributed by atoms with Crippen LogP contribution in [0.1, 0.15) is 22.9 Å². The van der Waals surface area contributed by atoms with Gasteiger partial charge in [-0.05, 0) is 36.8 Å². The molecule has 2 aromatic carbocycles. The molecule has 0 aliphatic heterocycles. The number of carbonyl (C=O) groups excluding carboxylic acids is 1. The number of nitrogens with zero attached hydrogens (tertiary/aromatic N) is 1. The number of nitrogens with one attached hydrogen (secondary N) is 2. The van der Waals surface area contributed by atoms with Crippen molar-refractivity contribution >= 4 is 11.6 Å². The molecular formula is C21H21N3O. The summed E-state index contributed by atoms with van der Waals surface area (Å²) in [5.41, 5.74) is 3.76. The van der Waals surface area contributed by atoms with Crippen molar-refractivity contribution in [2.45, 2.75) is 19.5 Å². The van der Waals surface area contributed by atoms with E-state index in [9.17, 15) is 4.79 Å². The van der Waals surface area contributed by atoms with Gasteiger partial charge in [0.05, 0.1) is 5.69 Å². The second-order valence-corrected chi connectivity index (χ2v) is 5.90. The molecule has 1 amide bonds. The molecule has 126 valence electrons. The summed E-state index contributed by atoms with van der Waals surface area (Å²) in [4.78, 5) is 17.1. The number of amides is 1. The first kappa shape index (κ1) is 16.9. The second-order valence-electron chi connectivity index (χ2n) is 5.90. The Balaban J connectivity index is 1.75. The van der Waals surface area contributed by atoms with Gasteiger partial charge in [0, 0.05) is 18.4 Å². The summed E-state index contributed by atoms with van der Waals surface area (Å²) in [6.45, 7) is 2.54. The zero-order valence-corrected chi connectivity index (χ0v) is 14.1. The maximum Gasteiger partial charge on any atom is 0.246 e. The van der Waals surface area contributed by atoms with E-state index in [1.54, 1.807) is 6.20 Å². The van der Waals surface area contributed by atoms with Gasteiger partial charge in [0.25, 0.3) is 0 Å². The summed E-state index contributed by atoms with van der Waals surface area (Å²) < 4.78 is 0. The molecule has 0 bridgehead atoms. The summed E-state index contributed by atoms with van der Waals surface area (Å²) >= 11 is 0. The van der Waals surface area contributed by atoms with Gasteiger partial charge >= 0.3 is 0 Å². The van der Waals surface area contributed by atoms with Crippen LogP contribution in [0, 0.1) is 6.92 Å². The minimum atomic E-state index is -0.454. The molecule has 0 spiro atoms. The molecule has 3 aromatic rings. The van der Waals surface area contributed by atoms with E-state index in [0.29, 0.717) is 6.54 Å². The van der Waals surface area contributed by atoms with Gasteiger partial charge in [-0.1, -0.05) is 54.1 Å². The highest BCUT2D eigenvalue weighted by molar-refractivity contribution is 5.95. The smallest absolute Gasteiger partial charge is 0.246 e.